The Bertz CT molecular complexity index is 1490. The normalized spacial score (nSPS) is 21.8. The minimum atomic E-state index is -0.747. The number of halogens is 3. The zero-order valence-corrected chi connectivity index (χ0v) is 25.3. The zero-order valence-electron chi connectivity index (χ0n) is 21.4. The van der Waals surface area contributed by atoms with Crippen LogP contribution in [0.5, 0.6) is 5.75 Å². The molecular formula is C30H23Br2ClN2O6. The van der Waals surface area contributed by atoms with Gasteiger partial charge >= 0.3 is 5.97 Å². The summed E-state index contributed by atoms with van der Waals surface area (Å²) < 4.78 is 5.37. The number of nitrogens with zero attached hydrogens (tertiary/aromatic N) is 2. The first-order valence-corrected chi connectivity index (χ1v) is 15.0. The Kier molecular flexibility index (Phi) is 8.72. The van der Waals surface area contributed by atoms with E-state index >= 15 is 0 Å². The number of esters is 1. The van der Waals surface area contributed by atoms with Crippen molar-refractivity contribution in [1.82, 2.24) is 10.0 Å². The lowest BCUT2D eigenvalue weighted by molar-refractivity contribution is -0.154. The fourth-order valence-corrected chi connectivity index (χ4v) is 6.45. The smallest absolute Gasteiger partial charge is 0.343 e. The van der Waals surface area contributed by atoms with Crippen LogP contribution < -0.4 is 4.74 Å². The van der Waals surface area contributed by atoms with Gasteiger partial charge in [0.05, 0.1) is 28.0 Å². The fourth-order valence-electron chi connectivity index (χ4n) is 5.00. The molecule has 0 spiro atoms. The Labute approximate surface area is 257 Å². The van der Waals surface area contributed by atoms with Crippen LogP contribution in [0.15, 0.2) is 78.9 Å². The maximum absolute atomic E-state index is 13.7. The van der Waals surface area contributed by atoms with Crippen LogP contribution in [0, 0.1) is 11.8 Å². The lowest BCUT2D eigenvalue weighted by Gasteiger charge is -2.30. The number of amides is 3. The summed E-state index contributed by atoms with van der Waals surface area (Å²) in [7, 11) is 0. The maximum Gasteiger partial charge on any atom is 0.343 e. The van der Waals surface area contributed by atoms with Crippen molar-refractivity contribution in [3.63, 3.8) is 0 Å². The van der Waals surface area contributed by atoms with E-state index in [4.69, 9.17) is 16.3 Å². The predicted molar refractivity (Wildman–Crippen MR) is 158 cm³/mol. The molecule has 1 saturated heterocycles. The second kappa shape index (κ2) is 12.3. The number of rotatable bonds is 7. The SMILES string of the molecule is O=C(CN(C(=O)c1ccccc1Cl)N1C(=O)[C@H]2C[C@H](Br)[C@@H](Br)C[C@H]2C1=O)c1ccc(OC(=O)c2ccccc2)cc1. The van der Waals surface area contributed by atoms with E-state index in [0.717, 1.165) is 10.0 Å². The first-order valence-electron chi connectivity index (χ1n) is 12.8. The standard InChI is InChI=1S/C30H23Br2ClN2O6/c31-23-14-21-22(15-24(23)32)29(39)35(28(21)38)34(27(37)20-8-4-5-9-25(20)33)16-26(36)17-10-12-19(13-11-17)41-30(40)18-6-2-1-3-7-18/h1-13,21-24H,14-16H2/t21-,22+,23-,24-/m0/s1. The summed E-state index contributed by atoms with van der Waals surface area (Å²) in [5.74, 6) is -3.89. The molecule has 0 bridgehead atoms. The molecular weight excluding hydrogens is 680 g/mol. The number of ether oxygens (including phenoxy) is 1. The summed E-state index contributed by atoms with van der Waals surface area (Å²) in [6.07, 6.45) is 0.819. The molecule has 4 atom stereocenters. The van der Waals surface area contributed by atoms with Gasteiger partial charge in [-0.2, -0.15) is 5.01 Å². The Hall–Kier alpha value is -3.34. The van der Waals surface area contributed by atoms with Gasteiger partial charge in [-0.1, -0.05) is 73.8 Å². The van der Waals surface area contributed by atoms with Crippen LogP contribution in [0.2, 0.25) is 5.02 Å². The van der Waals surface area contributed by atoms with Gasteiger partial charge in [-0.3, -0.25) is 19.2 Å². The second-order valence-electron chi connectivity index (χ2n) is 9.75. The van der Waals surface area contributed by atoms with Crippen LogP contribution in [-0.4, -0.2) is 55.7 Å². The van der Waals surface area contributed by atoms with Crippen molar-refractivity contribution in [2.45, 2.75) is 22.5 Å². The summed E-state index contributed by atoms with van der Waals surface area (Å²) in [5.41, 5.74) is 0.621. The third kappa shape index (κ3) is 6.00. The monoisotopic (exact) mass is 700 g/mol. The highest BCUT2D eigenvalue weighted by atomic mass is 79.9. The van der Waals surface area contributed by atoms with Crippen LogP contribution in [0.4, 0.5) is 0 Å². The molecule has 1 aliphatic carbocycles. The number of hydrazine groups is 1. The van der Waals surface area contributed by atoms with Gasteiger partial charge in [-0.15, -0.1) is 0 Å². The minimum Gasteiger partial charge on any atom is -0.423 e. The van der Waals surface area contributed by atoms with Gasteiger partial charge < -0.3 is 4.74 Å². The van der Waals surface area contributed by atoms with Gasteiger partial charge in [-0.25, -0.2) is 9.80 Å². The second-order valence-corrected chi connectivity index (χ2v) is 12.5. The van der Waals surface area contributed by atoms with Crippen molar-refractivity contribution in [1.29, 1.82) is 0 Å². The molecule has 1 heterocycles. The van der Waals surface area contributed by atoms with Crippen molar-refractivity contribution < 1.29 is 28.7 Å². The van der Waals surface area contributed by atoms with E-state index in [1.165, 1.54) is 36.4 Å². The van der Waals surface area contributed by atoms with Crippen molar-refractivity contribution in [3.05, 3.63) is 101 Å². The Morgan fingerprint density at radius 1 is 0.805 bits per heavy atom. The van der Waals surface area contributed by atoms with E-state index in [9.17, 15) is 24.0 Å². The first-order chi connectivity index (χ1) is 19.7. The van der Waals surface area contributed by atoms with Crippen LogP contribution in [0.1, 0.15) is 43.9 Å². The number of benzene rings is 3. The van der Waals surface area contributed by atoms with Crippen LogP contribution in [0.3, 0.4) is 0 Å². The summed E-state index contributed by atoms with van der Waals surface area (Å²) in [5, 5.41) is 1.83. The number of hydrogen-bond acceptors (Lipinski definition) is 6. The van der Waals surface area contributed by atoms with Crippen molar-refractivity contribution in [2.75, 3.05) is 6.54 Å². The molecule has 8 nitrogen and oxygen atoms in total. The fraction of sp³-hybridized carbons (Fsp3) is 0.233. The first kappa shape index (κ1) is 29.2. The molecule has 41 heavy (non-hydrogen) atoms. The molecule has 0 radical (unpaired) electrons. The molecule has 0 N–H and O–H groups in total. The van der Waals surface area contributed by atoms with E-state index in [1.54, 1.807) is 42.5 Å². The molecule has 11 heteroatoms. The molecule has 210 valence electrons. The Morgan fingerprint density at radius 2 is 1.37 bits per heavy atom. The Morgan fingerprint density at radius 3 is 1.95 bits per heavy atom. The van der Waals surface area contributed by atoms with Gasteiger partial charge in [-0.05, 0) is 61.4 Å². The van der Waals surface area contributed by atoms with E-state index in [1.807, 2.05) is 0 Å². The molecule has 1 saturated carbocycles. The van der Waals surface area contributed by atoms with E-state index in [2.05, 4.69) is 31.9 Å². The number of carbonyl (C=O) groups excluding carboxylic acids is 5. The number of carbonyl (C=O) groups is 5. The lowest BCUT2D eigenvalue weighted by Crippen LogP contribution is -2.52. The lowest BCUT2D eigenvalue weighted by atomic mass is 9.81. The summed E-state index contributed by atoms with van der Waals surface area (Å²) >= 11 is 13.4. The van der Waals surface area contributed by atoms with E-state index < -0.39 is 47.9 Å². The summed E-state index contributed by atoms with van der Waals surface area (Å²) in [4.78, 5) is 66.5. The number of Topliss-reactive ketones (excluding diaryl/α,β-unsaturated/α-hetero) is 1. The van der Waals surface area contributed by atoms with Gasteiger partial charge in [0.15, 0.2) is 5.78 Å². The number of ketones is 1. The highest BCUT2D eigenvalue weighted by Gasteiger charge is 2.54. The average Bonchev–Trinajstić information content (AvgIpc) is 3.20. The largest absolute Gasteiger partial charge is 0.423 e. The molecule has 3 aromatic rings. The summed E-state index contributed by atoms with van der Waals surface area (Å²) in [6.45, 7) is -0.584. The number of hydrogen-bond donors (Lipinski definition) is 0. The van der Waals surface area contributed by atoms with Crippen LogP contribution in [0.25, 0.3) is 0 Å². The van der Waals surface area contributed by atoms with Crippen molar-refractivity contribution in [3.8, 4) is 5.75 Å². The highest BCUT2D eigenvalue weighted by Crippen LogP contribution is 2.43. The molecule has 1 aliphatic heterocycles. The third-order valence-corrected chi connectivity index (χ3v) is 10.2. The van der Waals surface area contributed by atoms with Gasteiger partial charge in [0.25, 0.3) is 17.7 Å². The quantitative estimate of drug-likeness (QED) is 0.103. The predicted octanol–water partition coefficient (Wildman–Crippen LogP) is 5.72. The molecule has 5 rings (SSSR count). The maximum atomic E-state index is 13.7. The zero-order chi connectivity index (χ0) is 29.3. The van der Waals surface area contributed by atoms with Crippen LogP contribution >= 0.6 is 43.5 Å². The Balaban J connectivity index is 1.40. The molecule has 2 aliphatic rings. The topological polar surface area (TPSA) is 101 Å². The molecule has 0 aromatic heterocycles. The average molecular weight is 703 g/mol. The van der Waals surface area contributed by atoms with Crippen molar-refractivity contribution in [2.24, 2.45) is 11.8 Å². The highest BCUT2D eigenvalue weighted by molar-refractivity contribution is 9.12. The third-order valence-electron chi connectivity index (χ3n) is 7.16. The van der Waals surface area contributed by atoms with E-state index in [0.29, 0.717) is 18.4 Å². The van der Waals surface area contributed by atoms with Gasteiger partial charge in [0.2, 0.25) is 0 Å². The summed E-state index contributed by atoms with van der Waals surface area (Å²) in [6, 6.07) is 20.5. The van der Waals surface area contributed by atoms with Crippen LogP contribution in [-0.2, 0) is 9.59 Å². The molecule has 3 aromatic carbocycles. The van der Waals surface area contributed by atoms with Crippen molar-refractivity contribution >= 4 is 72.9 Å². The number of imide groups is 1. The van der Waals surface area contributed by atoms with E-state index in [-0.39, 0.29) is 31.6 Å². The van der Waals surface area contributed by atoms with Gasteiger partial charge in [0.1, 0.15) is 12.3 Å². The molecule has 0 unspecified atom stereocenters. The molecule has 2 fully saturated rings. The number of alkyl halides is 2. The number of fused-ring (bicyclic) bond motifs is 1. The molecule has 3 amide bonds. The minimum absolute atomic E-state index is 0.0238. The van der Waals surface area contributed by atoms with Gasteiger partial charge in [0, 0.05) is 15.2 Å².